The third-order valence-electron chi connectivity index (χ3n) is 3.90. The van der Waals surface area contributed by atoms with E-state index in [4.69, 9.17) is 0 Å². The molecule has 0 radical (unpaired) electrons. The maximum absolute atomic E-state index is 12.3. The lowest BCUT2D eigenvalue weighted by atomic mass is 10.1. The van der Waals surface area contributed by atoms with Gasteiger partial charge in [-0.15, -0.1) is 0 Å². The largest absolute Gasteiger partial charge is 0.348 e. The monoisotopic (exact) mass is 279 g/mol. The molecule has 0 aliphatic carbocycles. The molecule has 2 heterocycles. The Morgan fingerprint density at radius 1 is 1.35 bits per heavy atom. The average molecular weight is 279 g/mol. The van der Waals surface area contributed by atoms with Gasteiger partial charge in [-0.05, 0) is 7.05 Å². The van der Waals surface area contributed by atoms with Crippen LogP contribution in [0.3, 0.4) is 0 Å². The minimum Gasteiger partial charge on any atom is -0.348 e. The Balaban J connectivity index is 2.06. The number of carbonyl (C=O) groups excluding carboxylic acids is 1. The fraction of sp³-hybridized carbons (Fsp3) is 0.714. The molecule has 6 heteroatoms. The first-order valence-electron chi connectivity index (χ1n) is 7.04. The number of carbonyl (C=O) groups is 1. The van der Waals surface area contributed by atoms with Crippen molar-refractivity contribution in [2.75, 3.05) is 47.3 Å². The van der Waals surface area contributed by atoms with Crippen LogP contribution < -0.4 is 0 Å². The summed E-state index contributed by atoms with van der Waals surface area (Å²) in [7, 11) is 7.76. The molecule has 0 saturated carbocycles. The fourth-order valence-electron chi connectivity index (χ4n) is 2.67. The van der Waals surface area contributed by atoms with Crippen LogP contribution >= 0.6 is 0 Å². The maximum atomic E-state index is 12.3. The summed E-state index contributed by atoms with van der Waals surface area (Å²) in [5, 5.41) is 0. The second-order valence-corrected chi connectivity index (χ2v) is 5.92. The summed E-state index contributed by atoms with van der Waals surface area (Å²) < 4.78 is 2.04. The number of likely N-dealkylation sites (N-methyl/N-ethyl adjacent to an activating group) is 1. The Bertz CT molecular complexity index is 456. The molecular weight excluding hydrogens is 254 g/mol. The Morgan fingerprint density at radius 2 is 2.10 bits per heavy atom. The number of amides is 1. The van der Waals surface area contributed by atoms with Crippen LogP contribution in [0.15, 0.2) is 12.5 Å². The van der Waals surface area contributed by atoms with Gasteiger partial charge in [0.25, 0.3) is 0 Å². The van der Waals surface area contributed by atoms with E-state index in [9.17, 15) is 4.79 Å². The SMILES string of the molecule is CN1CCN(Cc2cncn2C)C[C@H](C(=O)N(C)C)C1. The zero-order valence-electron chi connectivity index (χ0n) is 12.9. The third kappa shape index (κ3) is 3.58. The second-order valence-electron chi connectivity index (χ2n) is 5.92. The van der Waals surface area contributed by atoms with Gasteiger partial charge < -0.3 is 14.4 Å². The molecule has 0 spiro atoms. The Hall–Kier alpha value is -1.40. The molecule has 0 bridgehead atoms. The van der Waals surface area contributed by atoms with E-state index in [0.29, 0.717) is 0 Å². The predicted molar refractivity (Wildman–Crippen MR) is 78.2 cm³/mol. The van der Waals surface area contributed by atoms with Gasteiger partial charge in [-0.3, -0.25) is 9.69 Å². The van der Waals surface area contributed by atoms with Gasteiger partial charge in [0.05, 0.1) is 17.9 Å². The van der Waals surface area contributed by atoms with Crippen molar-refractivity contribution in [2.24, 2.45) is 13.0 Å². The van der Waals surface area contributed by atoms with Crippen molar-refractivity contribution in [3.05, 3.63) is 18.2 Å². The van der Waals surface area contributed by atoms with Gasteiger partial charge in [-0.1, -0.05) is 0 Å². The van der Waals surface area contributed by atoms with Gasteiger partial charge in [-0.25, -0.2) is 4.98 Å². The molecule has 1 amide bonds. The average Bonchev–Trinajstić information content (AvgIpc) is 2.69. The summed E-state index contributed by atoms with van der Waals surface area (Å²) in [4.78, 5) is 22.7. The van der Waals surface area contributed by atoms with E-state index >= 15 is 0 Å². The lowest BCUT2D eigenvalue weighted by Gasteiger charge is -2.25. The van der Waals surface area contributed by atoms with Crippen molar-refractivity contribution in [3.63, 3.8) is 0 Å². The van der Waals surface area contributed by atoms with Gasteiger partial charge in [0.15, 0.2) is 0 Å². The van der Waals surface area contributed by atoms with Crippen LogP contribution in [0.4, 0.5) is 0 Å². The maximum Gasteiger partial charge on any atom is 0.227 e. The molecule has 1 aromatic rings. The minimum absolute atomic E-state index is 0.0470. The zero-order valence-corrected chi connectivity index (χ0v) is 12.9. The number of rotatable bonds is 3. The molecule has 0 aromatic carbocycles. The molecule has 1 atom stereocenters. The Morgan fingerprint density at radius 3 is 2.70 bits per heavy atom. The topological polar surface area (TPSA) is 44.6 Å². The van der Waals surface area contributed by atoms with Gasteiger partial charge in [0.2, 0.25) is 5.91 Å². The molecule has 6 nitrogen and oxygen atoms in total. The van der Waals surface area contributed by atoms with Crippen LogP contribution in [0.5, 0.6) is 0 Å². The molecule has 1 aliphatic heterocycles. The molecule has 20 heavy (non-hydrogen) atoms. The van der Waals surface area contributed by atoms with Crippen LogP contribution in [0.2, 0.25) is 0 Å². The summed E-state index contributed by atoms with van der Waals surface area (Å²) >= 11 is 0. The zero-order chi connectivity index (χ0) is 14.7. The number of imidazole rings is 1. The number of aromatic nitrogens is 2. The van der Waals surface area contributed by atoms with Crippen molar-refractivity contribution in [1.82, 2.24) is 24.3 Å². The third-order valence-corrected chi connectivity index (χ3v) is 3.90. The highest BCUT2D eigenvalue weighted by Gasteiger charge is 2.27. The van der Waals surface area contributed by atoms with E-state index in [1.54, 1.807) is 4.90 Å². The van der Waals surface area contributed by atoms with Crippen molar-refractivity contribution in [1.29, 1.82) is 0 Å². The summed E-state index contributed by atoms with van der Waals surface area (Å²) in [5.74, 6) is 0.263. The molecule has 0 N–H and O–H groups in total. The van der Waals surface area contributed by atoms with E-state index in [1.165, 1.54) is 5.69 Å². The molecule has 1 aliphatic rings. The van der Waals surface area contributed by atoms with Crippen LogP contribution in [0.1, 0.15) is 5.69 Å². The standard InChI is InChI=1S/C14H25N5O/c1-16(2)14(20)12-8-17(3)5-6-19(9-12)10-13-7-15-11-18(13)4/h7,11-12H,5-6,8-10H2,1-4H3/t12-/m1/s1. The smallest absolute Gasteiger partial charge is 0.227 e. The molecule has 0 unspecified atom stereocenters. The normalized spacial score (nSPS) is 21.7. The predicted octanol–water partition coefficient (Wildman–Crippen LogP) is -0.128. The van der Waals surface area contributed by atoms with E-state index in [0.717, 1.165) is 32.7 Å². The first-order valence-corrected chi connectivity index (χ1v) is 7.04. The highest BCUT2D eigenvalue weighted by Crippen LogP contribution is 2.13. The van der Waals surface area contributed by atoms with Gasteiger partial charge in [-0.2, -0.15) is 0 Å². The van der Waals surface area contributed by atoms with Gasteiger partial charge in [0.1, 0.15) is 0 Å². The molecule has 1 aromatic heterocycles. The van der Waals surface area contributed by atoms with Gasteiger partial charge >= 0.3 is 0 Å². The molecule has 112 valence electrons. The molecule has 1 fully saturated rings. The molecule has 1 saturated heterocycles. The van der Waals surface area contributed by atoms with Crippen LogP contribution in [-0.4, -0.2) is 77.5 Å². The summed E-state index contributed by atoms with van der Waals surface area (Å²) in [6.07, 6.45) is 3.72. The van der Waals surface area contributed by atoms with E-state index < -0.39 is 0 Å². The number of nitrogens with zero attached hydrogens (tertiary/aromatic N) is 5. The van der Waals surface area contributed by atoms with Gasteiger partial charge in [0, 0.05) is 60.1 Å². The van der Waals surface area contributed by atoms with E-state index in [2.05, 4.69) is 21.8 Å². The molecular formula is C14H25N5O. The van der Waals surface area contributed by atoms with E-state index in [1.807, 2.05) is 38.2 Å². The Kier molecular flexibility index (Phi) is 4.77. The lowest BCUT2D eigenvalue weighted by Crippen LogP contribution is -2.40. The first-order chi connectivity index (χ1) is 9.47. The number of aryl methyl sites for hydroxylation is 1. The fourth-order valence-corrected chi connectivity index (χ4v) is 2.67. The second kappa shape index (κ2) is 6.37. The van der Waals surface area contributed by atoms with Crippen LogP contribution in [0, 0.1) is 5.92 Å². The van der Waals surface area contributed by atoms with Crippen molar-refractivity contribution in [2.45, 2.75) is 6.54 Å². The number of hydrogen-bond acceptors (Lipinski definition) is 4. The first kappa shape index (κ1) is 15.0. The lowest BCUT2D eigenvalue weighted by molar-refractivity contribution is -0.133. The highest BCUT2D eigenvalue weighted by atomic mass is 16.2. The molecule has 2 rings (SSSR count). The van der Waals surface area contributed by atoms with Crippen molar-refractivity contribution < 1.29 is 4.79 Å². The van der Waals surface area contributed by atoms with Crippen LogP contribution in [0.25, 0.3) is 0 Å². The minimum atomic E-state index is 0.0470. The quantitative estimate of drug-likeness (QED) is 0.773. The van der Waals surface area contributed by atoms with E-state index in [-0.39, 0.29) is 11.8 Å². The highest BCUT2D eigenvalue weighted by molar-refractivity contribution is 5.78. The summed E-state index contributed by atoms with van der Waals surface area (Å²) in [6.45, 7) is 4.47. The summed E-state index contributed by atoms with van der Waals surface area (Å²) in [5.41, 5.74) is 1.19. The van der Waals surface area contributed by atoms with Crippen molar-refractivity contribution in [3.8, 4) is 0 Å². The van der Waals surface area contributed by atoms with Crippen LogP contribution in [-0.2, 0) is 18.4 Å². The summed E-state index contributed by atoms with van der Waals surface area (Å²) in [6, 6.07) is 0. The number of hydrogen-bond donors (Lipinski definition) is 0. The Labute approximate surface area is 121 Å². The van der Waals surface area contributed by atoms with Crippen molar-refractivity contribution >= 4 is 5.91 Å².